The van der Waals surface area contributed by atoms with Crippen LogP contribution in [0.25, 0.3) is 0 Å². The summed E-state index contributed by atoms with van der Waals surface area (Å²) >= 11 is 1.38. The summed E-state index contributed by atoms with van der Waals surface area (Å²) in [5.41, 5.74) is 6.78. The molecule has 1 aromatic heterocycles. The van der Waals surface area contributed by atoms with E-state index < -0.39 is 0 Å². The van der Waals surface area contributed by atoms with Crippen LogP contribution >= 0.6 is 11.3 Å². The predicted molar refractivity (Wildman–Crippen MR) is 61.1 cm³/mol. The molecule has 0 spiro atoms. The van der Waals surface area contributed by atoms with Gasteiger partial charge < -0.3 is 5.73 Å². The fourth-order valence-electron chi connectivity index (χ4n) is 1.30. The molecule has 0 aliphatic rings. The molecule has 0 saturated carbocycles. The highest BCUT2D eigenvalue weighted by atomic mass is 32.1. The van der Waals surface area contributed by atoms with Gasteiger partial charge in [0.2, 0.25) is 5.78 Å². The summed E-state index contributed by atoms with van der Waals surface area (Å²) in [5.74, 6) is -0.0568. The molecule has 0 aliphatic heterocycles. The molecule has 0 amide bonds. The topological polar surface area (TPSA) is 56.0 Å². The lowest BCUT2D eigenvalue weighted by molar-refractivity contribution is 0.104. The Morgan fingerprint density at radius 2 is 2.13 bits per heavy atom. The van der Waals surface area contributed by atoms with Crippen molar-refractivity contribution in [3.8, 4) is 0 Å². The Hall–Kier alpha value is -1.68. The van der Waals surface area contributed by atoms with Crippen molar-refractivity contribution in [2.75, 3.05) is 5.73 Å². The number of benzene rings is 1. The van der Waals surface area contributed by atoms with Crippen molar-refractivity contribution in [1.29, 1.82) is 0 Å². The molecule has 2 N–H and O–H groups in total. The lowest BCUT2D eigenvalue weighted by Gasteiger charge is -2.01. The van der Waals surface area contributed by atoms with Gasteiger partial charge in [-0.3, -0.25) is 4.79 Å². The molecule has 0 saturated heterocycles. The summed E-state index contributed by atoms with van der Waals surface area (Å²) in [6.07, 6.45) is 1.59. The van der Waals surface area contributed by atoms with E-state index in [-0.39, 0.29) is 5.78 Å². The summed E-state index contributed by atoms with van der Waals surface area (Å²) in [5, 5.41) is 0.882. The highest BCUT2D eigenvalue weighted by Crippen LogP contribution is 2.20. The highest BCUT2D eigenvalue weighted by Gasteiger charge is 2.13. The minimum Gasteiger partial charge on any atom is -0.398 e. The maximum absolute atomic E-state index is 12.0. The second kappa shape index (κ2) is 3.82. The van der Waals surface area contributed by atoms with E-state index in [0.717, 1.165) is 5.01 Å². The number of aromatic nitrogens is 1. The van der Waals surface area contributed by atoms with E-state index in [9.17, 15) is 4.79 Å². The first kappa shape index (κ1) is 9.86. The molecule has 0 radical (unpaired) electrons. The van der Waals surface area contributed by atoms with Crippen LogP contribution in [0.5, 0.6) is 0 Å². The summed E-state index contributed by atoms with van der Waals surface area (Å²) in [6.45, 7) is 1.87. The molecule has 1 heterocycles. The van der Waals surface area contributed by atoms with Crippen LogP contribution in [0.15, 0.2) is 30.5 Å². The van der Waals surface area contributed by atoms with Crippen LogP contribution in [0.2, 0.25) is 0 Å². The zero-order valence-corrected chi connectivity index (χ0v) is 9.04. The molecule has 0 aliphatic carbocycles. The highest BCUT2D eigenvalue weighted by molar-refractivity contribution is 7.13. The summed E-state index contributed by atoms with van der Waals surface area (Å²) in [7, 11) is 0. The molecule has 4 heteroatoms. The first-order valence-corrected chi connectivity index (χ1v) is 5.32. The van der Waals surface area contributed by atoms with E-state index in [1.165, 1.54) is 11.3 Å². The fraction of sp³-hybridized carbons (Fsp3) is 0.0909. The predicted octanol–water partition coefficient (Wildman–Crippen LogP) is 2.26. The molecule has 0 atom stereocenters. The zero-order valence-electron chi connectivity index (χ0n) is 8.23. The van der Waals surface area contributed by atoms with Gasteiger partial charge in [-0.15, -0.1) is 11.3 Å². The largest absolute Gasteiger partial charge is 0.398 e. The van der Waals surface area contributed by atoms with Crippen LogP contribution < -0.4 is 5.73 Å². The van der Waals surface area contributed by atoms with Crippen LogP contribution in [-0.4, -0.2) is 10.8 Å². The monoisotopic (exact) mass is 218 g/mol. The molecular weight excluding hydrogens is 208 g/mol. The van der Waals surface area contributed by atoms with Gasteiger partial charge in [-0.2, -0.15) is 0 Å². The quantitative estimate of drug-likeness (QED) is 0.621. The number of carbonyl (C=O) groups is 1. The van der Waals surface area contributed by atoms with Crippen molar-refractivity contribution in [2.45, 2.75) is 6.92 Å². The van der Waals surface area contributed by atoms with Gasteiger partial charge in [0, 0.05) is 17.4 Å². The lowest BCUT2D eigenvalue weighted by atomic mass is 10.1. The summed E-state index contributed by atoms with van der Waals surface area (Å²) < 4.78 is 0. The number of rotatable bonds is 2. The third kappa shape index (κ3) is 1.89. The Labute approximate surface area is 91.6 Å². The standard InChI is InChI=1S/C11H10N2OS/c1-7-13-6-10(15-7)11(14)8-4-2-3-5-9(8)12/h2-6H,12H2,1H3. The number of hydrogen-bond donors (Lipinski definition) is 1. The maximum atomic E-state index is 12.0. The van der Waals surface area contributed by atoms with Gasteiger partial charge in [0.05, 0.1) is 9.88 Å². The molecule has 0 bridgehead atoms. The van der Waals surface area contributed by atoms with Crippen molar-refractivity contribution < 1.29 is 4.79 Å². The second-order valence-electron chi connectivity index (χ2n) is 3.16. The molecule has 3 nitrogen and oxygen atoms in total. The normalized spacial score (nSPS) is 10.2. The lowest BCUT2D eigenvalue weighted by Crippen LogP contribution is -2.02. The van der Waals surface area contributed by atoms with Crippen molar-refractivity contribution in [1.82, 2.24) is 4.98 Å². The average Bonchev–Trinajstić information content (AvgIpc) is 2.65. The number of aryl methyl sites for hydroxylation is 1. The number of carbonyl (C=O) groups excluding carboxylic acids is 1. The van der Waals surface area contributed by atoms with Gasteiger partial charge in [-0.1, -0.05) is 12.1 Å². The van der Waals surface area contributed by atoms with E-state index in [4.69, 9.17) is 5.73 Å². The number of para-hydroxylation sites is 1. The minimum atomic E-state index is -0.0568. The second-order valence-corrected chi connectivity index (χ2v) is 4.39. The van der Waals surface area contributed by atoms with Crippen molar-refractivity contribution in [3.05, 3.63) is 45.9 Å². The molecule has 0 unspecified atom stereocenters. The fourth-order valence-corrected chi connectivity index (χ4v) is 2.03. The summed E-state index contributed by atoms with van der Waals surface area (Å²) in [6, 6.07) is 7.06. The Morgan fingerprint density at radius 1 is 1.40 bits per heavy atom. The Bertz CT molecular complexity index is 505. The third-order valence-electron chi connectivity index (χ3n) is 2.05. The molecular formula is C11H10N2OS. The first-order chi connectivity index (χ1) is 7.18. The Kier molecular flexibility index (Phi) is 2.51. The molecule has 1 aromatic carbocycles. The van der Waals surface area contributed by atoms with Crippen molar-refractivity contribution in [3.63, 3.8) is 0 Å². The summed E-state index contributed by atoms with van der Waals surface area (Å²) in [4.78, 5) is 16.7. The van der Waals surface area contributed by atoms with Crippen molar-refractivity contribution in [2.24, 2.45) is 0 Å². The maximum Gasteiger partial charge on any atom is 0.206 e. The first-order valence-electron chi connectivity index (χ1n) is 4.50. The Balaban J connectivity index is 2.41. The zero-order chi connectivity index (χ0) is 10.8. The molecule has 0 fully saturated rings. The number of thiazole rings is 1. The van der Waals surface area contributed by atoms with Gasteiger partial charge in [-0.05, 0) is 19.1 Å². The smallest absolute Gasteiger partial charge is 0.206 e. The molecule has 76 valence electrons. The molecule has 2 rings (SSSR count). The number of nitrogen functional groups attached to an aromatic ring is 1. The number of ketones is 1. The number of nitrogens with zero attached hydrogens (tertiary/aromatic N) is 1. The SMILES string of the molecule is Cc1ncc(C(=O)c2ccccc2N)s1. The average molecular weight is 218 g/mol. The van der Waals surface area contributed by atoms with Crippen LogP contribution in [0.1, 0.15) is 20.2 Å². The van der Waals surface area contributed by atoms with Crippen LogP contribution in [0.3, 0.4) is 0 Å². The number of nitrogens with two attached hydrogens (primary N) is 1. The number of hydrogen-bond acceptors (Lipinski definition) is 4. The minimum absolute atomic E-state index is 0.0568. The van der Waals surface area contributed by atoms with Gasteiger partial charge in [0.15, 0.2) is 0 Å². The van der Waals surface area contributed by atoms with E-state index >= 15 is 0 Å². The molecule has 15 heavy (non-hydrogen) atoms. The van der Waals surface area contributed by atoms with Gasteiger partial charge in [-0.25, -0.2) is 4.98 Å². The van der Waals surface area contributed by atoms with E-state index in [1.54, 1.807) is 24.4 Å². The van der Waals surface area contributed by atoms with Crippen LogP contribution in [0.4, 0.5) is 5.69 Å². The van der Waals surface area contributed by atoms with E-state index in [2.05, 4.69) is 4.98 Å². The van der Waals surface area contributed by atoms with Crippen molar-refractivity contribution >= 4 is 22.8 Å². The molecule has 2 aromatic rings. The van der Waals surface area contributed by atoms with Gasteiger partial charge in [0.1, 0.15) is 0 Å². The van der Waals surface area contributed by atoms with Gasteiger partial charge in [0.25, 0.3) is 0 Å². The Morgan fingerprint density at radius 3 is 2.73 bits per heavy atom. The number of anilines is 1. The third-order valence-corrected chi connectivity index (χ3v) is 2.96. The van der Waals surface area contributed by atoms with E-state index in [1.807, 2.05) is 13.0 Å². The van der Waals surface area contributed by atoms with E-state index in [0.29, 0.717) is 16.1 Å². The van der Waals surface area contributed by atoms with Crippen LogP contribution in [0, 0.1) is 6.92 Å². The van der Waals surface area contributed by atoms with Crippen LogP contribution in [-0.2, 0) is 0 Å². The van der Waals surface area contributed by atoms with Gasteiger partial charge >= 0.3 is 0 Å².